The summed E-state index contributed by atoms with van der Waals surface area (Å²) in [6.45, 7) is 10.1. The molecule has 4 nitrogen and oxygen atoms in total. The molecule has 0 aliphatic heterocycles. The first-order valence-electron chi connectivity index (χ1n) is 7.20. The highest BCUT2D eigenvalue weighted by Gasteiger charge is 2.21. The fourth-order valence-electron chi connectivity index (χ4n) is 2.30. The Kier molecular flexibility index (Phi) is 4.16. The lowest BCUT2D eigenvalue weighted by Crippen LogP contribution is -2.25. The van der Waals surface area contributed by atoms with Crippen molar-refractivity contribution in [2.24, 2.45) is 0 Å². The van der Waals surface area contributed by atoms with Crippen molar-refractivity contribution < 1.29 is 9.53 Å². The quantitative estimate of drug-likeness (QED) is 0.638. The van der Waals surface area contributed by atoms with Gasteiger partial charge in [0.05, 0.1) is 5.54 Å². The van der Waals surface area contributed by atoms with Crippen LogP contribution in [0.2, 0.25) is 0 Å². The standard InChI is InChI=1S/C17H22N2O2/c1-6-13-9-7-8-10-15(13)21-16(20)14-11-12(2)19(18-14)17(3,4)5/h7-11H,6H2,1-5H3. The van der Waals surface area contributed by atoms with Crippen molar-refractivity contribution >= 4 is 5.97 Å². The monoisotopic (exact) mass is 286 g/mol. The number of para-hydroxylation sites is 1. The van der Waals surface area contributed by atoms with Gasteiger partial charge in [-0.05, 0) is 51.8 Å². The van der Waals surface area contributed by atoms with Crippen LogP contribution >= 0.6 is 0 Å². The SMILES string of the molecule is CCc1ccccc1OC(=O)c1cc(C)n(C(C)(C)C)n1. The van der Waals surface area contributed by atoms with Gasteiger partial charge in [0.1, 0.15) is 5.75 Å². The Morgan fingerprint density at radius 2 is 1.95 bits per heavy atom. The fraction of sp³-hybridized carbons (Fsp3) is 0.412. The van der Waals surface area contributed by atoms with E-state index in [1.165, 1.54) is 0 Å². The molecule has 1 heterocycles. The number of carbonyl (C=O) groups excluding carboxylic acids is 1. The van der Waals surface area contributed by atoms with Crippen molar-refractivity contribution in [2.75, 3.05) is 0 Å². The second-order valence-corrected chi connectivity index (χ2v) is 6.10. The Morgan fingerprint density at radius 3 is 2.52 bits per heavy atom. The maximum atomic E-state index is 12.3. The molecule has 0 spiro atoms. The van der Waals surface area contributed by atoms with Crippen LogP contribution in [0.3, 0.4) is 0 Å². The topological polar surface area (TPSA) is 44.1 Å². The van der Waals surface area contributed by atoms with E-state index in [-0.39, 0.29) is 5.54 Å². The van der Waals surface area contributed by atoms with Crippen LogP contribution in [-0.4, -0.2) is 15.7 Å². The molecule has 4 heteroatoms. The lowest BCUT2D eigenvalue weighted by molar-refractivity contribution is 0.0725. The molecule has 2 rings (SSSR count). The molecule has 1 aromatic heterocycles. The molecule has 0 saturated carbocycles. The first-order chi connectivity index (χ1) is 9.82. The molecule has 1 aromatic carbocycles. The number of aromatic nitrogens is 2. The third-order valence-electron chi connectivity index (χ3n) is 3.29. The van der Waals surface area contributed by atoms with Crippen molar-refractivity contribution in [2.45, 2.75) is 46.6 Å². The van der Waals surface area contributed by atoms with Crippen molar-refractivity contribution in [3.8, 4) is 5.75 Å². The number of rotatable bonds is 3. The van der Waals surface area contributed by atoms with Gasteiger partial charge in [0.25, 0.3) is 0 Å². The summed E-state index contributed by atoms with van der Waals surface area (Å²) in [7, 11) is 0. The van der Waals surface area contributed by atoms with Crippen LogP contribution in [0.15, 0.2) is 30.3 Å². The van der Waals surface area contributed by atoms with Gasteiger partial charge < -0.3 is 4.74 Å². The summed E-state index contributed by atoms with van der Waals surface area (Å²) < 4.78 is 7.33. The highest BCUT2D eigenvalue weighted by molar-refractivity contribution is 5.89. The van der Waals surface area contributed by atoms with Gasteiger partial charge in [-0.25, -0.2) is 4.79 Å². The molecule has 0 atom stereocenters. The molecule has 0 aliphatic rings. The predicted octanol–water partition coefficient (Wildman–Crippen LogP) is 3.73. The molecule has 21 heavy (non-hydrogen) atoms. The molecule has 0 N–H and O–H groups in total. The van der Waals surface area contributed by atoms with E-state index in [2.05, 4.69) is 25.9 Å². The third-order valence-corrected chi connectivity index (χ3v) is 3.29. The average molecular weight is 286 g/mol. The highest BCUT2D eigenvalue weighted by atomic mass is 16.5. The van der Waals surface area contributed by atoms with E-state index >= 15 is 0 Å². The molecular formula is C17H22N2O2. The van der Waals surface area contributed by atoms with Crippen LogP contribution < -0.4 is 4.74 Å². The second kappa shape index (κ2) is 5.72. The third kappa shape index (κ3) is 3.32. The Hall–Kier alpha value is -2.10. The zero-order valence-corrected chi connectivity index (χ0v) is 13.3. The smallest absolute Gasteiger partial charge is 0.364 e. The van der Waals surface area contributed by atoms with Gasteiger partial charge in [-0.3, -0.25) is 4.68 Å². The number of aryl methyl sites for hydroxylation is 2. The van der Waals surface area contributed by atoms with Crippen molar-refractivity contribution in [3.63, 3.8) is 0 Å². The van der Waals surface area contributed by atoms with Crippen molar-refractivity contribution in [3.05, 3.63) is 47.3 Å². The minimum atomic E-state index is -0.415. The Morgan fingerprint density at radius 1 is 1.29 bits per heavy atom. The molecule has 112 valence electrons. The van der Waals surface area contributed by atoms with E-state index < -0.39 is 5.97 Å². The average Bonchev–Trinajstić information content (AvgIpc) is 2.81. The van der Waals surface area contributed by atoms with Gasteiger partial charge in [0.2, 0.25) is 0 Å². The molecule has 0 aliphatic carbocycles. The number of esters is 1. The van der Waals surface area contributed by atoms with Crippen LogP contribution in [-0.2, 0) is 12.0 Å². The first-order valence-corrected chi connectivity index (χ1v) is 7.20. The second-order valence-electron chi connectivity index (χ2n) is 6.10. The lowest BCUT2D eigenvalue weighted by atomic mass is 10.1. The number of nitrogens with zero attached hydrogens (tertiary/aromatic N) is 2. The first kappa shape index (κ1) is 15.3. The Labute approximate surface area is 125 Å². The highest BCUT2D eigenvalue weighted by Crippen LogP contribution is 2.21. The van der Waals surface area contributed by atoms with E-state index in [9.17, 15) is 4.79 Å². The van der Waals surface area contributed by atoms with Gasteiger partial charge >= 0.3 is 5.97 Å². The van der Waals surface area contributed by atoms with Gasteiger partial charge in [0, 0.05) is 5.69 Å². The molecule has 0 amide bonds. The van der Waals surface area contributed by atoms with Crippen LogP contribution in [0.25, 0.3) is 0 Å². The van der Waals surface area contributed by atoms with E-state index in [0.717, 1.165) is 17.7 Å². The molecule has 0 fully saturated rings. The predicted molar refractivity (Wildman–Crippen MR) is 82.7 cm³/mol. The molecule has 2 aromatic rings. The minimum absolute atomic E-state index is 0.163. The van der Waals surface area contributed by atoms with Crippen LogP contribution in [0.1, 0.15) is 49.4 Å². The number of ether oxygens (including phenoxy) is 1. The summed E-state index contributed by atoms with van der Waals surface area (Å²) >= 11 is 0. The number of carbonyl (C=O) groups is 1. The minimum Gasteiger partial charge on any atom is -0.421 e. The molecule has 0 bridgehead atoms. The zero-order chi connectivity index (χ0) is 15.6. The van der Waals surface area contributed by atoms with Gasteiger partial charge in [-0.15, -0.1) is 0 Å². The van der Waals surface area contributed by atoms with Crippen LogP contribution in [0.4, 0.5) is 0 Å². The lowest BCUT2D eigenvalue weighted by Gasteiger charge is -2.21. The van der Waals surface area contributed by atoms with Crippen LogP contribution in [0, 0.1) is 6.92 Å². The van der Waals surface area contributed by atoms with E-state index in [0.29, 0.717) is 11.4 Å². The van der Waals surface area contributed by atoms with Crippen molar-refractivity contribution in [1.29, 1.82) is 0 Å². The van der Waals surface area contributed by atoms with Gasteiger partial charge in [-0.2, -0.15) is 5.10 Å². The summed E-state index contributed by atoms with van der Waals surface area (Å²) in [4.78, 5) is 12.3. The molecule has 0 unspecified atom stereocenters. The zero-order valence-electron chi connectivity index (χ0n) is 13.3. The fourth-order valence-corrected chi connectivity index (χ4v) is 2.30. The molecular weight excluding hydrogens is 264 g/mol. The summed E-state index contributed by atoms with van der Waals surface area (Å²) in [5.74, 6) is 0.190. The number of benzene rings is 1. The summed E-state index contributed by atoms with van der Waals surface area (Å²) in [6.07, 6.45) is 0.818. The molecule has 0 radical (unpaired) electrons. The Bertz CT molecular complexity index is 651. The number of hydrogen-bond donors (Lipinski definition) is 0. The molecule has 0 saturated heterocycles. The van der Waals surface area contributed by atoms with E-state index in [1.807, 2.05) is 42.8 Å². The summed E-state index contributed by atoms with van der Waals surface area (Å²) in [6, 6.07) is 9.34. The largest absolute Gasteiger partial charge is 0.421 e. The maximum absolute atomic E-state index is 12.3. The van der Waals surface area contributed by atoms with Gasteiger partial charge in [-0.1, -0.05) is 25.1 Å². The van der Waals surface area contributed by atoms with E-state index in [4.69, 9.17) is 4.74 Å². The number of hydrogen-bond acceptors (Lipinski definition) is 3. The van der Waals surface area contributed by atoms with Crippen LogP contribution in [0.5, 0.6) is 5.75 Å². The van der Waals surface area contributed by atoms with Crippen molar-refractivity contribution in [1.82, 2.24) is 9.78 Å². The summed E-state index contributed by atoms with van der Waals surface area (Å²) in [5.41, 5.74) is 2.13. The van der Waals surface area contributed by atoms with E-state index in [1.54, 1.807) is 6.07 Å². The Balaban J connectivity index is 2.25. The summed E-state index contributed by atoms with van der Waals surface area (Å²) in [5, 5.41) is 4.37. The normalized spacial score (nSPS) is 11.5. The maximum Gasteiger partial charge on any atom is 0.364 e. The van der Waals surface area contributed by atoms with Gasteiger partial charge in [0.15, 0.2) is 5.69 Å².